The van der Waals surface area contributed by atoms with Crippen LogP contribution in [0.25, 0.3) is 0 Å². The maximum Gasteiger partial charge on any atom is 0.254 e. The van der Waals surface area contributed by atoms with Crippen LogP contribution in [-0.4, -0.2) is 76.8 Å². The molecule has 3 rings (SSSR count). The highest BCUT2D eigenvalue weighted by atomic mass is 32.2. The van der Waals surface area contributed by atoms with Gasteiger partial charge in [0.25, 0.3) is 5.91 Å². The van der Waals surface area contributed by atoms with Crippen LogP contribution in [0.5, 0.6) is 11.5 Å². The number of nitrogens with zero attached hydrogens (tertiary/aromatic N) is 2. The molecule has 0 unspecified atom stereocenters. The molecule has 0 bridgehead atoms. The number of benzene rings is 2. The van der Waals surface area contributed by atoms with Gasteiger partial charge in [-0.1, -0.05) is 0 Å². The molecule has 1 amide bonds. The van der Waals surface area contributed by atoms with Gasteiger partial charge in [0.15, 0.2) is 21.3 Å². The van der Waals surface area contributed by atoms with E-state index in [9.17, 15) is 17.6 Å². The van der Waals surface area contributed by atoms with Gasteiger partial charge in [-0.25, -0.2) is 12.8 Å². The van der Waals surface area contributed by atoms with Crippen LogP contribution in [0, 0.1) is 5.82 Å². The Morgan fingerprint density at radius 1 is 0.968 bits per heavy atom. The lowest BCUT2D eigenvalue weighted by molar-refractivity contribution is 0.0637. The standard InChI is InChI=1S/C22H27FN2O5S/c1-29-20-9-4-17(16-21(20)30-2)22(26)25-13-11-24(12-14-25)10-3-15-31(27,28)19-7-5-18(23)6-8-19/h4-9,16H,3,10-15H2,1-2H3. The number of sulfone groups is 1. The minimum atomic E-state index is -3.43. The number of ether oxygens (including phenoxy) is 2. The number of carbonyl (C=O) groups excluding carboxylic acids is 1. The Kier molecular flexibility index (Phi) is 7.50. The monoisotopic (exact) mass is 450 g/mol. The number of methoxy groups -OCH3 is 2. The van der Waals surface area contributed by atoms with Crippen molar-refractivity contribution in [3.63, 3.8) is 0 Å². The Balaban J connectivity index is 1.48. The SMILES string of the molecule is COc1ccc(C(=O)N2CCN(CCCS(=O)(=O)c3ccc(F)cc3)CC2)cc1OC. The molecule has 1 saturated heterocycles. The van der Waals surface area contributed by atoms with Gasteiger partial charge in [-0.15, -0.1) is 0 Å². The molecule has 0 spiro atoms. The molecule has 1 fully saturated rings. The normalized spacial score (nSPS) is 15.0. The Hall–Kier alpha value is -2.65. The number of amides is 1. The van der Waals surface area contributed by atoms with Crippen molar-refractivity contribution in [1.82, 2.24) is 9.80 Å². The molecule has 0 N–H and O–H groups in total. The van der Waals surface area contributed by atoms with Gasteiger partial charge in [0.1, 0.15) is 5.82 Å². The summed E-state index contributed by atoms with van der Waals surface area (Å²) < 4.78 is 48.2. The van der Waals surface area contributed by atoms with Gasteiger partial charge < -0.3 is 14.4 Å². The summed E-state index contributed by atoms with van der Waals surface area (Å²) in [7, 11) is -0.356. The smallest absolute Gasteiger partial charge is 0.254 e. The lowest BCUT2D eigenvalue weighted by atomic mass is 10.1. The zero-order valence-electron chi connectivity index (χ0n) is 17.7. The van der Waals surface area contributed by atoms with E-state index in [-0.39, 0.29) is 16.6 Å². The first-order valence-corrected chi connectivity index (χ1v) is 11.7. The van der Waals surface area contributed by atoms with Crippen LogP contribution in [-0.2, 0) is 9.84 Å². The van der Waals surface area contributed by atoms with E-state index in [0.29, 0.717) is 56.2 Å². The highest BCUT2D eigenvalue weighted by Gasteiger charge is 2.23. The summed E-state index contributed by atoms with van der Waals surface area (Å²) in [6.45, 7) is 3.11. The van der Waals surface area contributed by atoms with Crippen molar-refractivity contribution in [2.45, 2.75) is 11.3 Å². The van der Waals surface area contributed by atoms with Crippen LogP contribution in [0.3, 0.4) is 0 Å². The molecule has 1 heterocycles. The van der Waals surface area contributed by atoms with E-state index in [1.807, 2.05) is 0 Å². The van der Waals surface area contributed by atoms with Gasteiger partial charge >= 0.3 is 0 Å². The van der Waals surface area contributed by atoms with E-state index < -0.39 is 15.7 Å². The van der Waals surface area contributed by atoms with E-state index >= 15 is 0 Å². The Labute approximate surface area is 182 Å². The second-order valence-electron chi connectivity index (χ2n) is 7.33. The predicted molar refractivity (Wildman–Crippen MR) is 115 cm³/mol. The van der Waals surface area contributed by atoms with Crippen molar-refractivity contribution in [1.29, 1.82) is 0 Å². The van der Waals surface area contributed by atoms with Gasteiger partial charge in [-0.2, -0.15) is 0 Å². The van der Waals surface area contributed by atoms with Crippen LogP contribution in [0.15, 0.2) is 47.4 Å². The van der Waals surface area contributed by atoms with Crippen molar-refractivity contribution in [3.8, 4) is 11.5 Å². The second kappa shape index (κ2) is 10.1. The van der Waals surface area contributed by atoms with Crippen LogP contribution >= 0.6 is 0 Å². The molecule has 0 atom stereocenters. The Morgan fingerprint density at radius 3 is 2.23 bits per heavy atom. The summed E-state index contributed by atoms with van der Waals surface area (Å²) >= 11 is 0. The van der Waals surface area contributed by atoms with Gasteiger partial charge in [0.2, 0.25) is 0 Å². The first kappa shape index (κ1) is 23.0. The summed E-state index contributed by atoms with van der Waals surface area (Å²) in [6.07, 6.45) is 0.476. The van der Waals surface area contributed by atoms with Crippen LogP contribution in [0.1, 0.15) is 16.8 Å². The summed E-state index contributed by atoms with van der Waals surface area (Å²) in [5.41, 5.74) is 0.538. The van der Waals surface area contributed by atoms with Crippen LogP contribution in [0.4, 0.5) is 4.39 Å². The number of hydrogen-bond donors (Lipinski definition) is 0. The number of carbonyl (C=O) groups is 1. The summed E-state index contributed by atoms with van der Waals surface area (Å²) in [5.74, 6) is 0.552. The largest absolute Gasteiger partial charge is 0.493 e. The molecule has 168 valence electrons. The van der Waals surface area contributed by atoms with Crippen molar-refractivity contribution >= 4 is 15.7 Å². The van der Waals surface area contributed by atoms with Crippen LogP contribution in [0.2, 0.25) is 0 Å². The minimum Gasteiger partial charge on any atom is -0.493 e. The lowest BCUT2D eigenvalue weighted by Crippen LogP contribution is -2.49. The summed E-state index contributed by atoms with van der Waals surface area (Å²) in [6, 6.07) is 10.0. The van der Waals surface area contributed by atoms with E-state index in [1.165, 1.54) is 19.2 Å². The molecule has 1 aliphatic heterocycles. The summed E-state index contributed by atoms with van der Waals surface area (Å²) in [4.78, 5) is 16.9. The van der Waals surface area contributed by atoms with E-state index in [2.05, 4.69) is 4.90 Å². The third-order valence-corrected chi connectivity index (χ3v) is 7.17. The van der Waals surface area contributed by atoms with Gasteiger partial charge in [-0.05, 0) is 55.4 Å². The first-order chi connectivity index (χ1) is 14.8. The van der Waals surface area contributed by atoms with Crippen molar-refractivity contribution in [2.75, 3.05) is 52.7 Å². The Morgan fingerprint density at radius 2 is 1.61 bits per heavy atom. The number of hydrogen-bond acceptors (Lipinski definition) is 6. The molecule has 0 radical (unpaired) electrons. The molecule has 7 nitrogen and oxygen atoms in total. The quantitative estimate of drug-likeness (QED) is 0.575. The van der Waals surface area contributed by atoms with E-state index in [0.717, 1.165) is 12.1 Å². The molecule has 1 aliphatic rings. The fraction of sp³-hybridized carbons (Fsp3) is 0.409. The predicted octanol–water partition coefficient (Wildman–Crippen LogP) is 2.46. The van der Waals surface area contributed by atoms with Crippen LogP contribution < -0.4 is 9.47 Å². The highest BCUT2D eigenvalue weighted by molar-refractivity contribution is 7.91. The lowest BCUT2D eigenvalue weighted by Gasteiger charge is -2.34. The molecule has 2 aromatic rings. The van der Waals surface area contributed by atoms with Crippen molar-refractivity contribution in [2.24, 2.45) is 0 Å². The molecule has 0 aromatic heterocycles. The first-order valence-electron chi connectivity index (χ1n) is 10.1. The molecule has 2 aromatic carbocycles. The number of piperazine rings is 1. The molecular formula is C22H27FN2O5S. The van der Waals surface area contributed by atoms with E-state index in [1.54, 1.807) is 30.2 Å². The maximum atomic E-state index is 13.0. The molecule has 31 heavy (non-hydrogen) atoms. The maximum absolute atomic E-state index is 13.0. The molecule has 0 saturated carbocycles. The minimum absolute atomic E-state index is 0.00339. The van der Waals surface area contributed by atoms with Crippen molar-refractivity contribution in [3.05, 3.63) is 53.8 Å². The zero-order valence-corrected chi connectivity index (χ0v) is 18.5. The third kappa shape index (κ3) is 5.74. The Bertz CT molecular complexity index is 1000. The molecule has 0 aliphatic carbocycles. The average molecular weight is 451 g/mol. The topological polar surface area (TPSA) is 76.2 Å². The fourth-order valence-electron chi connectivity index (χ4n) is 3.56. The van der Waals surface area contributed by atoms with Crippen molar-refractivity contribution < 1.29 is 27.1 Å². The third-order valence-electron chi connectivity index (χ3n) is 5.35. The van der Waals surface area contributed by atoms with Gasteiger partial charge in [0, 0.05) is 31.7 Å². The highest BCUT2D eigenvalue weighted by Crippen LogP contribution is 2.28. The van der Waals surface area contributed by atoms with Gasteiger partial charge in [0.05, 0.1) is 24.9 Å². The zero-order chi connectivity index (χ0) is 22.4. The molecule has 9 heteroatoms. The average Bonchev–Trinajstić information content (AvgIpc) is 2.78. The number of rotatable bonds is 8. The fourth-order valence-corrected chi connectivity index (χ4v) is 4.86. The molecular weight excluding hydrogens is 423 g/mol. The van der Waals surface area contributed by atoms with Gasteiger partial charge in [-0.3, -0.25) is 9.69 Å². The van der Waals surface area contributed by atoms with E-state index in [4.69, 9.17) is 9.47 Å². The summed E-state index contributed by atoms with van der Waals surface area (Å²) in [5, 5.41) is 0. The number of halogens is 1. The second-order valence-corrected chi connectivity index (χ2v) is 9.44.